The maximum Gasteiger partial charge on any atom is 0.354 e. The summed E-state index contributed by atoms with van der Waals surface area (Å²) in [5.74, 6) is -4.91. The van der Waals surface area contributed by atoms with E-state index in [2.05, 4.69) is 42.4 Å². The van der Waals surface area contributed by atoms with Crippen LogP contribution >= 0.6 is 12.0 Å². The monoisotopic (exact) mass is 874 g/mol. The Hall–Kier alpha value is -7.44. The largest absolute Gasteiger partial charge is 0.508 e. The fourth-order valence-electron chi connectivity index (χ4n) is 5.89. The van der Waals surface area contributed by atoms with Crippen molar-refractivity contribution < 1.29 is 44.2 Å². The summed E-state index contributed by atoms with van der Waals surface area (Å²) < 4.78 is 10.0. The van der Waals surface area contributed by atoms with Crippen LogP contribution in [0.2, 0.25) is 0 Å². The standard InChI is InChI=1S/C45H46N8O9S/c1-28-15-10-8-9-13-18-37(28)39(50-49-34-24-32(43(56)57)23-33(25-34)44(58)59)19-14-20-46-47-26-36(63-62)21-29(2)38(31(4)54)22-30(3)48-51-41-40(55)27-53(52-42(41)45(60)61)35-16-11-6-5-7-12-17-35/h6,9-17,19-25,41,54,62H,4-5,7-8,18,26-27H2,1-3H3,(H,56,57)(H,58,59)(H,60,61)/b11-6-,13-9-,15-10?,17-12-,20-14+,30-22+,35-16+,36-21+,37-28+,38-29-,39-19+,47-46?,50-49?,51-48?. The van der Waals surface area contributed by atoms with Crippen LogP contribution in [0.15, 0.2) is 196 Å². The third kappa shape index (κ3) is 14.9. The van der Waals surface area contributed by atoms with Crippen molar-refractivity contribution in [1.82, 2.24) is 5.01 Å². The second kappa shape index (κ2) is 24.1. The molecular formula is C45H46N8O9S. The molecule has 63 heavy (non-hydrogen) atoms. The van der Waals surface area contributed by atoms with Crippen molar-refractivity contribution in [2.24, 2.45) is 35.8 Å². The van der Waals surface area contributed by atoms with E-state index in [1.54, 1.807) is 37.3 Å². The first-order valence-electron chi connectivity index (χ1n) is 19.3. The van der Waals surface area contributed by atoms with E-state index < -0.39 is 35.4 Å². The van der Waals surface area contributed by atoms with Gasteiger partial charge in [-0.2, -0.15) is 35.8 Å². The van der Waals surface area contributed by atoms with Gasteiger partial charge in [0.2, 0.25) is 0 Å². The number of aliphatic hydroxyl groups excluding tert-OH is 1. The number of allylic oxidation sites excluding steroid dienone is 17. The summed E-state index contributed by atoms with van der Waals surface area (Å²) in [4.78, 5) is 48.8. The molecule has 1 atom stereocenters. The van der Waals surface area contributed by atoms with E-state index in [0.717, 1.165) is 36.5 Å². The van der Waals surface area contributed by atoms with Gasteiger partial charge in [-0.1, -0.05) is 49.1 Å². The summed E-state index contributed by atoms with van der Waals surface area (Å²) in [6.45, 7) is 8.42. The number of rotatable bonds is 17. The summed E-state index contributed by atoms with van der Waals surface area (Å²) in [5.41, 5.74) is 2.57. The molecule has 0 saturated heterocycles. The Labute approximate surface area is 367 Å². The van der Waals surface area contributed by atoms with Gasteiger partial charge in [0.1, 0.15) is 12.3 Å². The van der Waals surface area contributed by atoms with E-state index in [1.165, 1.54) is 36.3 Å². The number of carboxylic acids is 3. The van der Waals surface area contributed by atoms with Gasteiger partial charge in [-0.05, 0) is 118 Å². The van der Waals surface area contributed by atoms with Gasteiger partial charge in [0, 0.05) is 28.7 Å². The van der Waals surface area contributed by atoms with Crippen molar-refractivity contribution in [1.29, 1.82) is 0 Å². The number of aliphatic hydroxyl groups is 1. The highest BCUT2D eigenvalue weighted by molar-refractivity contribution is 7.97. The van der Waals surface area contributed by atoms with Crippen LogP contribution in [0.3, 0.4) is 0 Å². The number of ketones is 1. The molecule has 0 fully saturated rings. The lowest BCUT2D eigenvalue weighted by Gasteiger charge is -2.26. The fraction of sp³-hybridized carbons (Fsp3) is 0.222. The molecule has 1 aromatic rings. The van der Waals surface area contributed by atoms with Gasteiger partial charge in [-0.3, -0.25) is 9.80 Å². The van der Waals surface area contributed by atoms with Crippen LogP contribution < -0.4 is 0 Å². The third-order valence-electron chi connectivity index (χ3n) is 9.04. The van der Waals surface area contributed by atoms with Crippen molar-refractivity contribution >= 4 is 47.1 Å². The molecule has 0 saturated carbocycles. The van der Waals surface area contributed by atoms with Gasteiger partial charge < -0.3 is 25.0 Å². The number of azo groups is 3. The molecule has 1 aliphatic heterocycles. The Morgan fingerprint density at radius 1 is 0.937 bits per heavy atom. The third-order valence-corrected chi connectivity index (χ3v) is 9.52. The zero-order valence-corrected chi connectivity index (χ0v) is 35.5. The lowest BCUT2D eigenvalue weighted by atomic mass is 9.99. The quantitative estimate of drug-likeness (QED) is 0.0323. The molecule has 0 bridgehead atoms. The summed E-state index contributed by atoms with van der Waals surface area (Å²) in [5, 5.41) is 69.6. The average Bonchev–Trinajstić information content (AvgIpc) is 3.22. The van der Waals surface area contributed by atoms with Crippen LogP contribution in [0.4, 0.5) is 5.69 Å². The Bertz CT molecular complexity index is 2440. The molecule has 0 spiro atoms. The van der Waals surface area contributed by atoms with Crippen LogP contribution in [-0.4, -0.2) is 78.5 Å². The van der Waals surface area contributed by atoms with Crippen molar-refractivity contribution in [2.75, 3.05) is 13.1 Å². The Kier molecular flexibility index (Phi) is 18.5. The van der Waals surface area contributed by atoms with Gasteiger partial charge in [0.15, 0.2) is 17.5 Å². The number of nitrogens with zero attached hydrogens (tertiary/aromatic N) is 8. The average molecular weight is 875 g/mol. The minimum atomic E-state index is -1.46. The number of hydrazone groups is 1. The highest BCUT2D eigenvalue weighted by Crippen LogP contribution is 2.27. The Morgan fingerprint density at radius 2 is 1.67 bits per heavy atom. The summed E-state index contributed by atoms with van der Waals surface area (Å²) in [7, 11) is 0. The molecule has 0 aromatic heterocycles. The molecule has 2 aliphatic carbocycles. The van der Waals surface area contributed by atoms with E-state index >= 15 is 0 Å². The molecule has 1 unspecified atom stereocenters. The zero-order chi connectivity index (χ0) is 45.9. The number of Topliss-reactive ketones (excluding diaryl/α,β-unsaturated/α-hetero) is 1. The van der Waals surface area contributed by atoms with Crippen molar-refractivity contribution in [3.63, 3.8) is 0 Å². The fourth-order valence-corrected chi connectivity index (χ4v) is 6.24. The zero-order valence-electron chi connectivity index (χ0n) is 34.7. The highest BCUT2D eigenvalue weighted by atomic mass is 32.2. The molecule has 0 amide bonds. The van der Waals surface area contributed by atoms with E-state index in [-0.39, 0.29) is 46.9 Å². The molecule has 18 heteroatoms. The number of aromatic carboxylic acids is 2. The predicted molar refractivity (Wildman–Crippen MR) is 240 cm³/mol. The molecule has 17 nitrogen and oxygen atoms in total. The Morgan fingerprint density at radius 3 is 2.35 bits per heavy atom. The second-order valence-electron chi connectivity index (χ2n) is 13.8. The topological polar surface area (TPSA) is 259 Å². The first kappa shape index (κ1) is 48.2. The minimum absolute atomic E-state index is 0.0342. The van der Waals surface area contributed by atoms with Crippen LogP contribution in [-0.2, 0) is 9.59 Å². The maximum absolute atomic E-state index is 13.1. The first-order valence-corrected chi connectivity index (χ1v) is 20.1. The Balaban J connectivity index is 1.54. The molecule has 1 heterocycles. The first-order chi connectivity index (χ1) is 30.2. The molecule has 0 radical (unpaired) electrons. The van der Waals surface area contributed by atoms with Gasteiger partial charge >= 0.3 is 17.9 Å². The molecule has 3 aliphatic rings. The summed E-state index contributed by atoms with van der Waals surface area (Å²) in [6, 6.07) is 2.02. The summed E-state index contributed by atoms with van der Waals surface area (Å²) >= 11 is 0.414. The number of benzene rings is 1. The number of hydrogen-bond acceptors (Lipinski definition) is 15. The number of carbonyl (C=O) groups excluding carboxylic acids is 1. The highest BCUT2D eigenvalue weighted by Gasteiger charge is 2.36. The molecule has 4 rings (SSSR count). The lowest BCUT2D eigenvalue weighted by Crippen LogP contribution is -2.45. The predicted octanol–water partition coefficient (Wildman–Crippen LogP) is 10.6. The smallest absolute Gasteiger partial charge is 0.354 e. The normalized spacial score (nSPS) is 22.0. The van der Waals surface area contributed by atoms with Gasteiger partial charge in [0.05, 0.1) is 40.5 Å². The van der Waals surface area contributed by atoms with Crippen molar-refractivity contribution in [3.05, 3.63) is 171 Å². The van der Waals surface area contributed by atoms with E-state index in [4.69, 9.17) is 0 Å². The summed E-state index contributed by atoms with van der Waals surface area (Å²) in [6.07, 6.45) is 27.6. The van der Waals surface area contributed by atoms with E-state index in [9.17, 15) is 44.2 Å². The number of hydrogen-bond donors (Lipinski definition) is 5. The minimum Gasteiger partial charge on any atom is -0.508 e. The molecule has 326 valence electrons. The molecule has 1 aromatic carbocycles. The van der Waals surface area contributed by atoms with E-state index in [1.807, 2.05) is 49.5 Å². The van der Waals surface area contributed by atoms with Gasteiger partial charge in [-0.15, -0.1) is 0 Å². The van der Waals surface area contributed by atoms with Crippen LogP contribution in [0.25, 0.3) is 0 Å². The SMILES string of the molecule is C=C(O)C(/C=C(\C)N=NC1C(=O)CN(C2=C/C=C\CC/C=C\2)N=C1C(=O)O)=C(C)\C=C(/CN=N/C=C/C=C(N=Nc1cc(C(=O)O)cc(C(=O)O)c1)\C1=C(/C)C=CC/C=C\C1)SO. The number of carboxylic acid groups (broad SMARTS) is 3. The van der Waals surface area contributed by atoms with E-state index in [0.29, 0.717) is 40.3 Å². The van der Waals surface area contributed by atoms with Crippen molar-refractivity contribution in [2.45, 2.75) is 52.5 Å². The number of aliphatic carboxylic acids is 1. The van der Waals surface area contributed by atoms with Gasteiger partial charge in [-0.25, -0.2) is 14.4 Å². The second-order valence-corrected chi connectivity index (χ2v) is 14.5. The molecular weight excluding hydrogens is 829 g/mol. The van der Waals surface area contributed by atoms with Crippen LogP contribution in [0.5, 0.6) is 0 Å². The van der Waals surface area contributed by atoms with Crippen LogP contribution in [0, 0.1) is 0 Å². The van der Waals surface area contributed by atoms with Crippen molar-refractivity contribution in [3.8, 4) is 0 Å². The number of carbonyl (C=O) groups is 4. The van der Waals surface area contributed by atoms with Crippen LogP contribution in [0.1, 0.15) is 67.2 Å². The lowest BCUT2D eigenvalue weighted by molar-refractivity contribution is -0.131. The molecule has 5 N–H and O–H groups in total. The maximum atomic E-state index is 13.1. The van der Waals surface area contributed by atoms with Gasteiger partial charge in [0.25, 0.3) is 0 Å².